The van der Waals surface area contributed by atoms with Crippen LogP contribution in [0.15, 0.2) is 194 Å². The summed E-state index contributed by atoms with van der Waals surface area (Å²) in [6.45, 7) is 0. The maximum Gasteiger partial charge on any atom is 0.135 e. The molecule has 240 valence electrons. The Kier molecular flexibility index (Phi) is 7.03. The maximum atomic E-state index is 6.83. The minimum atomic E-state index is -0.0796. The average Bonchev–Trinajstić information content (AvgIpc) is 3.59. The molecule has 0 saturated heterocycles. The standard InChI is InChI=1S/C50H34O/c1-3-15-34(16-4-1)49-45-29-28-38(32-46(45)51-50(49)35-17-5-2-6-18-35)37-20-13-21-39(31-37)47-41-22-9-11-24-43(41)48(44-25-12-10-23-42(44)47)40-27-26-33-14-7-8-19-36(33)30-40/h1-32,49-50H. The number of ether oxygens (including phenoxy) is 1. The summed E-state index contributed by atoms with van der Waals surface area (Å²) in [6, 6.07) is 70.5. The monoisotopic (exact) mass is 650 g/mol. The summed E-state index contributed by atoms with van der Waals surface area (Å²) >= 11 is 0. The van der Waals surface area contributed by atoms with Gasteiger partial charge < -0.3 is 4.74 Å². The van der Waals surface area contributed by atoms with Gasteiger partial charge in [-0.2, -0.15) is 0 Å². The Hall–Kier alpha value is -6.44. The van der Waals surface area contributed by atoms with Crippen LogP contribution in [0.3, 0.4) is 0 Å². The van der Waals surface area contributed by atoms with Gasteiger partial charge in [-0.25, -0.2) is 0 Å². The summed E-state index contributed by atoms with van der Waals surface area (Å²) in [5, 5.41) is 7.54. The molecule has 9 aromatic carbocycles. The van der Waals surface area contributed by atoms with E-state index in [0.29, 0.717) is 0 Å². The van der Waals surface area contributed by atoms with Crippen molar-refractivity contribution in [3.05, 3.63) is 211 Å². The van der Waals surface area contributed by atoms with Crippen LogP contribution in [-0.2, 0) is 0 Å². The van der Waals surface area contributed by atoms with E-state index in [4.69, 9.17) is 4.74 Å². The quantitative estimate of drug-likeness (QED) is 0.168. The maximum absolute atomic E-state index is 6.83. The van der Waals surface area contributed by atoms with Gasteiger partial charge in [0.25, 0.3) is 0 Å². The van der Waals surface area contributed by atoms with Gasteiger partial charge in [-0.3, -0.25) is 0 Å². The Labute approximate surface area is 298 Å². The molecule has 51 heavy (non-hydrogen) atoms. The fourth-order valence-corrected chi connectivity index (χ4v) is 8.31. The molecular formula is C50H34O. The van der Waals surface area contributed by atoms with Gasteiger partial charge >= 0.3 is 0 Å². The molecule has 1 aliphatic heterocycles. The average molecular weight is 651 g/mol. The summed E-state index contributed by atoms with van der Waals surface area (Å²) in [4.78, 5) is 0. The Morgan fingerprint density at radius 3 is 1.51 bits per heavy atom. The zero-order valence-electron chi connectivity index (χ0n) is 28.0. The van der Waals surface area contributed by atoms with Crippen molar-refractivity contribution < 1.29 is 4.74 Å². The lowest BCUT2D eigenvalue weighted by Gasteiger charge is -2.20. The van der Waals surface area contributed by atoms with Gasteiger partial charge in [0.2, 0.25) is 0 Å². The molecule has 0 spiro atoms. The van der Waals surface area contributed by atoms with Crippen LogP contribution in [0.5, 0.6) is 5.75 Å². The third kappa shape index (κ3) is 5.01. The molecular weight excluding hydrogens is 617 g/mol. The van der Waals surface area contributed by atoms with Gasteiger partial charge in [-0.05, 0) is 95.0 Å². The number of hydrogen-bond donors (Lipinski definition) is 0. The molecule has 1 heteroatoms. The first kappa shape index (κ1) is 29.5. The summed E-state index contributed by atoms with van der Waals surface area (Å²) in [5.74, 6) is 1.08. The second kappa shape index (κ2) is 12.2. The molecule has 9 aromatic rings. The molecule has 0 amide bonds. The fraction of sp³-hybridized carbons (Fsp3) is 0.0400. The van der Waals surface area contributed by atoms with Crippen molar-refractivity contribution in [3.63, 3.8) is 0 Å². The Bertz CT molecular complexity index is 2670. The highest BCUT2D eigenvalue weighted by Crippen LogP contribution is 2.51. The molecule has 1 aliphatic rings. The second-order valence-electron chi connectivity index (χ2n) is 13.6. The normalized spacial score (nSPS) is 15.2. The summed E-state index contributed by atoms with van der Waals surface area (Å²) in [7, 11) is 0. The molecule has 0 fully saturated rings. The number of fused-ring (bicyclic) bond motifs is 4. The van der Waals surface area contributed by atoms with E-state index in [1.54, 1.807) is 0 Å². The zero-order valence-corrected chi connectivity index (χ0v) is 28.0. The van der Waals surface area contributed by atoms with Gasteiger partial charge in [-0.15, -0.1) is 0 Å². The summed E-state index contributed by atoms with van der Waals surface area (Å²) in [6.07, 6.45) is -0.0796. The molecule has 1 heterocycles. The zero-order chi connectivity index (χ0) is 33.7. The lowest BCUT2D eigenvalue weighted by molar-refractivity contribution is 0.222. The first-order valence-electron chi connectivity index (χ1n) is 17.7. The van der Waals surface area contributed by atoms with Crippen LogP contribution in [0.25, 0.3) is 65.7 Å². The fourth-order valence-electron chi connectivity index (χ4n) is 8.31. The van der Waals surface area contributed by atoms with Gasteiger partial charge in [0.15, 0.2) is 0 Å². The lowest BCUT2D eigenvalue weighted by atomic mass is 9.84. The Morgan fingerprint density at radius 2 is 0.843 bits per heavy atom. The van der Waals surface area contributed by atoms with E-state index in [0.717, 1.165) is 11.3 Å². The minimum absolute atomic E-state index is 0.0796. The van der Waals surface area contributed by atoms with E-state index in [1.165, 1.54) is 76.8 Å². The smallest absolute Gasteiger partial charge is 0.135 e. The SMILES string of the molecule is c1ccc(C2Oc3cc(-c4cccc(-c5c6ccccc6c(-c6ccc7ccccc7c6)c6ccccc56)c4)ccc3C2c2ccccc2)cc1. The molecule has 0 radical (unpaired) electrons. The highest BCUT2D eigenvalue weighted by Gasteiger charge is 2.36. The number of rotatable bonds is 5. The van der Waals surface area contributed by atoms with Crippen molar-refractivity contribution in [1.82, 2.24) is 0 Å². The summed E-state index contributed by atoms with van der Waals surface area (Å²) in [5.41, 5.74) is 11.0. The van der Waals surface area contributed by atoms with Crippen molar-refractivity contribution in [2.24, 2.45) is 0 Å². The third-order valence-corrected chi connectivity index (χ3v) is 10.6. The first-order chi connectivity index (χ1) is 25.3. The highest BCUT2D eigenvalue weighted by molar-refractivity contribution is 6.21. The third-order valence-electron chi connectivity index (χ3n) is 10.6. The van der Waals surface area contributed by atoms with Crippen LogP contribution in [0.4, 0.5) is 0 Å². The van der Waals surface area contributed by atoms with Crippen molar-refractivity contribution in [2.45, 2.75) is 12.0 Å². The van der Waals surface area contributed by atoms with E-state index in [-0.39, 0.29) is 12.0 Å². The van der Waals surface area contributed by atoms with Gasteiger partial charge in [-0.1, -0.05) is 176 Å². The van der Waals surface area contributed by atoms with E-state index in [2.05, 4.69) is 194 Å². The molecule has 0 aromatic heterocycles. The molecule has 2 atom stereocenters. The Morgan fingerprint density at radius 1 is 0.333 bits per heavy atom. The van der Waals surface area contributed by atoms with Gasteiger partial charge in [0.1, 0.15) is 11.9 Å². The molecule has 0 saturated carbocycles. The van der Waals surface area contributed by atoms with E-state index >= 15 is 0 Å². The molecule has 10 rings (SSSR count). The van der Waals surface area contributed by atoms with Crippen molar-refractivity contribution in [2.75, 3.05) is 0 Å². The minimum Gasteiger partial charge on any atom is -0.484 e. The predicted octanol–water partition coefficient (Wildman–Crippen LogP) is 13.4. The number of benzene rings is 9. The molecule has 0 N–H and O–H groups in total. The van der Waals surface area contributed by atoms with Crippen molar-refractivity contribution in [3.8, 4) is 39.1 Å². The van der Waals surface area contributed by atoms with Crippen LogP contribution in [0.2, 0.25) is 0 Å². The molecule has 0 aliphatic carbocycles. The number of hydrogen-bond acceptors (Lipinski definition) is 1. The second-order valence-corrected chi connectivity index (χ2v) is 13.6. The van der Waals surface area contributed by atoms with Crippen LogP contribution in [0, 0.1) is 0 Å². The topological polar surface area (TPSA) is 9.23 Å². The Balaban J connectivity index is 1.11. The molecule has 2 unspecified atom stereocenters. The van der Waals surface area contributed by atoms with Gasteiger partial charge in [0.05, 0.1) is 5.92 Å². The first-order valence-corrected chi connectivity index (χ1v) is 17.7. The largest absolute Gasteiger partial charge is 0.484 e. The predicted molar refractivity (Wildman–Crippen MR) is 213 cm³/mol. The molecule has 1 nitrogen and oxygen atoms in total. The lowest BCUT2D eigenvalue weighted by Crippen LogP contribution is -2.11. The highest BCUT2D eigenvalue weighted by atomic mass is 16.5. The van der Waals surface area contributed by atoms with Crippen LogP contribution in [0.1, 0.15) is 28.7 Å². The van der Waals surface area contributed by atoms with Crippen molar-refractivity contribution in [1.29, 1.82) is 0 Å². The van der Waals surface area contributed by atoms with Crippen LogP contribution < -0.4 is 4.74 Å². The van der Waals surface area contributed by atoms with Crippen molar-refractivity contribution >= 4 is 32.3 Å². The van der Waals surface area contributed by atoms with Crippen LogP contribution in [-0.4, -0.2) is 0 Å². The molecule has 0 bridgehead atoms. The van der Waals surface area contributed by atoms with E-state index in [9.17, 15) is 0 Å². The van der Waals surface area contributed by atoms with Gasteiger partial charge in [0, 0.05) is 5.56 Å². The van der Waals surface area contributed by atoms with Crippen LogP contribution >= 0.6 is 0 Å². The van der Waals surface area contributed by atoms with E-state index < -0.39 is 0 Å². The summed E-state index contributed by atoms with van der Waals surface area (Å²) < 4.78 is 6.83. The van der Waals surface area contributed by atoms with E-state index in [1.807, 2.05) is 0 Å².